The van der Waals surface area contributed by atoms with E-state index in [1.54, 1.807) is 7.11 Å². The molecule has 0 fully saturated rings. The van der Waals surface area contributed by atoms with Crippen LogP contribution in [0.3, 0.4) is 0 Å². The van der Waals surface area contributed by atoms with Gasteiger partial charge in [0.15, 0.2) is 0 Å². The predicted octanol–water partition coefficient (Wildman–Crippen LogP) is 2.76. The Kier molecular flexibility index (Phi) is 6.22. The summed E-state index contributed by atoms with van der Waals surface area (Å²) >= 11 is 1.81. The zero-order valence-electron chi connectivity index (χ0n) is 10.8. The molecule has 4 heteroatoms. The zero-order valence-corrected chi connectivity index (χ0v) is 11.6. The first-order chi connectivity index (χ1) is 8.13. The summed E-state index contributed by atoms with van der Waals surface area (Å²) < 4.78 is 5.30. The molecule has 96 valence electrons. The summed E-state index contributed by atoms with van der Waals surface area (Å²) in [5.74, 6) is 1.95. The number of thioether (sulfide) groups is 1. The van der Waals surface area contributed by atoms with Gasteiger partial charge in [0.1, 0.15) is 5.75 Å². The lowest BCUT2D eigenvalue weighted by atomic mass is 10.3. The van der Waals surface area contributed by atoms with Crippen LogP contribution in [0.5, 0.6) is 5.75 Å². The van der Waals surface area contributed by atoms with Crippen molar-refractivity contribution in [3.8, 4) is 5.75 Å². The van der Waals surface area contributed by atoms with Crippen molar-refractivity contribution in [2.75, 3.05) is 25.1 Å². The number of nitrogens with two attached hydrogens (primary N) is 1. The number of ether oxygens (including phenoxy) is 1. The van der Waals surface area contributed by atoms with Crippen molar-refractivity contribution >= 4 is 17.4 Å². The van der Waals surface area contributed by atoms with Crippen LogP contribution in [0.2, 0.25) is 0 Å². The molecule has 1 aromatic rings. The van der Waals surface area contributed by atoms with Crippen molar-refractivity contribution in [1.29, 1.82) is 0 Å². The molecule has 3 N–H and O–H groups in total. The van der Waals surface area contributed by atoms with Crippen LogP contribution >= 0.6 is 11.8 Å². The molecule has 0 bridgehead atoms. The van der Waals surface area contributed by atoms with Crippen molar-refractivity contribution < 1.29 is 4.74 Å². The summed E-state index contributed by atoms with van der Waals surface area (Å²) in [4.78, 5) is 1.16. The number of methoxy groups -OCH3 is 1. The maximum absolute atomic E-state index is 5.71. The highest BCUT2D eigenvalue weighted by molar-refractivity contribution is 7.99. The summed E-state index contributed by atoms with van der Waals surface area (Å²) in [6.07, 6.45) is 1.15. The first-order valence-electron chi connectivity index (χ1n) is 5.93. The molecule has 0 saturated heterocycles. The normalized spacial score (nSPS) is 10.8. The van der Waals surface area contributed by atoms with Crippen LogP contribution in [0.4, 0.5) is 5.69 Å². The SMILES string of the molecule is COc1cc(N)ccc1SCCCNC(C)C. The molecule has 0 unspecified atom stereocenters. The lowest BCUT2D eigenvalue weighted by Crippen LogP contribution is -2.23. The Morgan fingerprint density at radius 2 is 2.18 bits per heavy atom. The van der Waals surface area contributed by atoms with E-state index in [2.05, 4.69) is 19.2 Å². The largest absolute Gasteiger partial charge is 0.496 e. The number of benzene rings is 1. The van der Waals surface area contributed by atoms with Gasteiger partial charge >= 0.3 is 0 Å². The summed E-state index contributed by atoms with van der Waals surface area (Å²) in [7, 11) is 1.68. The number of hydrogen-bond acceptors (Lipinski definition) is 4. The Labute approximate surface area is 108 Å². The first-order valence-corrected chi connectivity index (χ1v) is 6.91. The van der Waals surface area contributed by atoms with Gasteiger partial charge in [-0.2, -0.15) is 0 Å². The van der Waals surface area contributed by atoms with Crippen LogP contribution < -0.4 is 15.8 Å². The lowest BCUT2D eigenvalue weighted by Gasteiger charge is -2.10. The van der Waals surface area contributed by atoms with E-state index in [-0.39, 0.29) is 0 Å². The van der Waals surface area contributed by atoms with Gasteiger partial charge in [-0.05, 0) is 30.9 Å². The summed E-state index contributed by atoms with van der Waals surface area (Å²) in [6, 6.07) is 6.37. The molecule has 0 aliphatic carbocycles. The quantitative estimate of drug-likeness (QED) is 0.446. The lowest BCUT2D eigenvalue weighted by molar-refractivity contribution is 0.405. The number of nitrogen functional groups attached to an aromatic ring is 1. The van der Waals surface area contributed by atoms with Crippen LogP contribution in [-0.2, 0) is 0 Å². The van der Waals surface area contributed by atoms with E-state index in [4.69, 9.17) is 10.5 Å². The van der Waals surface area contributed by atoms with E-state index in [0.717, 1.165) is 35.1 Å². The van der Waals surface area contributed by atoms with Gasteiger partial charge in [0.25, 0.3) is 0 Å². The average molecular weight is 254 g/mol. The molecule has 0 atom stereocenters. The zero-order chi connectivity index (χ0) is 12.7. The van der Waals surface area contributed by atoms with Crippen molar-refractivity contribution in [2.45, 2.75) is 31.2 Å². The van der Waals surface area contributed by atoms with Crippen LogP contribution in [0.1, 0.15) is 20.3 Å². The third kappa shape index (κ3) is 5.33. The molecule has 0 heterocycles. The van der Waals surface area contributed by atoms with Gasteiger partial charge in [0.05, 0.1) is 7.11 Å². The smallest absolute Gasteiger partial charge is 0.134 e. The fraction of sp³-hybridized carbons (Fsp3) is 0.538. The second-order valence-electron chi connectivity index (χ2n) is 4.22. The van der Waals surface area contributed by atoms with Gasteiger partial charge in [-0.3, -0.25) is 0 Å². The summed E-state index contributed by atoms with van der Waals surface area (Å²) in [5, 5.41) is 3.40. The standard InChI is InChI=1S/C13H22N2OS/c1-10(2)15-7-4-8-17-13-6-5-11(14)9-12(13)16-3/h5-6,9-10,15H,4,7-8,14H2,1-3H3. The van der Waals surface area contributed by atoms with Gasteiger partial charge in [0, 0.05) is 22.7 Å². The number of hydrogen-bond donors (Lipinski definition) is 2. The fourth-order valence-corrected chi connectivity index (χ4v) is 2.41. The van der Waals surface area contributed by atoms with E-state index in [0.29, 0.717) is 6.04 Å². The van der Waals surface area contributed by atoms with Crippen LogP contribution in [-0.4, -0.2) is 25.4 Å². The molecule has 0 aliphatic rings. The minimum atomic E-state index is 0.561. The number of nitrogens with one attached hydrogen (secondary N) is 1. The summed E-state index contributed by atoms with van der Waals surface area (Å²) in [5.41, 5.74) is 6.46. The van der Waals surface area contributed by atoms with Crippen LogP contribution in [0.25, 0.3) is 0 Å². The maximum atomic E-state index is 5.71. The molecule has 3 nitrogen and oxygen atoms in total. The first kappa shape index (κ1) is 14.2. The topological polar surface area (TPSA) is 47.3 Å². The Balaban J connectivity index is 2.36. The van der Waals surface area contributed by atoms with Crippen molar-refractivity contribution in [1.82, 2.24) is 5.32 Å². The molecule has 0 saturated carbocycles. The van der Waals surface area contributed by atoms with E-state index in [1.807, 2.05) is 30.0 Å². The molecule has 0 spiro atoms. The van der Waals surface area contributed by atoms with Crippen molar-refractivity contribution in [2.24, 2.45) is 0 Å². The highest BCUT2D eigenvalue weighted by Crippen LogP contribution is 2.31. The second-order valence-corrected chi connectivity index (χ2v) is 5.36. The Bertz CT molecular complexity index is 342. The minimum absolute atomic E-state index is 0.561. The molecule has 0 aromatic heterocycles. The van der Waals surface area contributed by atoms with Gasteiger partial charge in [-0.15, -0.1) is 11.8 Å². The van der Waals surface area contributed by atoms with Gasteiger partial charge in [-0.25, -0.2) is 0 Å². The number of rotatable bonds is 7. The van der Waals surface area contributed by atoms with E-state index >= 15 is 0 Å². The Hall–Kier alpha value is -0.870. The molecule has 1 rings (SSSR count). The van der Waals surface area contributed by atoms with Gasteiger partial charge < -0.3 is 15.8 Å². The van der Waals surface area contributed by atoms with E-state index < -0.39 is 0 Å². The van der Waals surface area contributed by atoms with Crippen LogP contribution in [0, 0.1) is 0 Å². The second kappa shape index (κ2) is 7.45. The monoisotopic (exact) mass is 254 g/mol. The molecular weight excluding hydrogens is 232 g/mol. The third-order valence-corrected chi connectivity index (χ3v) is 3.46. The third-order valence-electron chi connectivity index (χ3n) is 2.32. The van der Waals surface area contributed by atoms with Crippen molar-refractivity contribution in [3.63, 3.8) is 0 Å². The van der Waals surface area contributed by atoms with Gasteiger partial charge in [0.2, 0.25) is 0 Å². The fourth-order valence-electron chi connectivity index (χ4n) is 1.45. The Morgan fingerprint density at radius 3 is 2.82 bits per heavy atom. The van der Waals surface area contributed by atoms with Crippen molar-refractivity contribution in [3.05, 3.63) is 18.2 Å². The molecular formula is C13H22N2OS. The molecule has 0 aliphatic heterocycles. The highest BCUT2D eigenvalue weighted by atomic mass is 32.2. The molecule has 0 amide bonds. The average Bonchev–Trinajstić information content (AvgIpc) is 2.29. The molecule has 17 heavy (non-hydrogen) atoms. The Morgan fingerprint density at radius 1 is 1.41 bits per heavy atom. The minimum Gasteiger partial charge on any atom is -0.496 e. The summed E-state index contributed by atoms with van der Waals surface area (Å²) in [6.45, 7) is 5.38. The predicted molar refractivity (Wildman–Crippen MR) is 75.9 cm³/mol. The van der Waals surface area contributed by atoms with E-state index in [9.17, 15) is 0 Å². The molecule has 1 aromatic carbocycles. The number of anilines is 1. The molecule has 0 radical (unpaired) electrons. The van der Waals surface area contributed by atoms with Crippen LogP contribution in [0.15, 0.2) is 23.1 Å². The van der Waals surface area contributed by atoms with Gasteiger partial charge in [-0.1, -0.05) is 13.8 Å². The van der Waals surface area contributed by atoms with E-state index in [1.165, 1.54) is 0 Å². The highest BCUT2D eigenvalue weighted by Gasteiger charge is 2.03. The maximum Gasteiger partial charge on any atom is 0.134 e.